The van der Waals surface area contributed by atoms with Gasteiger partial charge in [0.1, 0.15) is 17.1 Å². The maximum atomic E-state index is 12.9. The molecule has 1 saturated heterocycles. The predicted molar refractivity (Wildman–Crippen MR) is 126 cm³/mol. The third-order valence-corrected chi connectivity index (χ3v) is 8.16. The largest absolute Gasteiger partial charge is 0.477 e. The van der Waals surface area contributed by atoms with Gasteiger partial charge in [-0.3, -0.25) is 23.8 Å². The minimum absolute atomic E-state index is 0.0187. The first-order valence-electron chi connectivity index (χ1n) is 10.5. The molecule has 1 aromatic carbocycles. The molecule has 2 aliphatic rings. The van der Waals surface area contributed by atoms with Crippen LogP contribution in [0.5, 0.6) is 0 Å². The highest BCUT2D eigenvalue weighted by Crippen LogP contribution is 2.40. The minimum Gasteiger partial charge on any atom is -0.477 e. The quantitative estimate of drug-likeness (QED) is 0.196. The summed E-state index contributed by atoms with van der Waals surface area (Å²) in [6, 6.07) is 9.12. The molecule has 14 heteroatoms. The zero-order valence-corrected chi connectivity index (χ0v) is 20.1. The van der Waals surface area contributed by atoms with Crippen LogP contribution in [0, 0.1) is 0 Å². The summed E-state index contributed by atoms with van der Waals surface area (Å²) in [5.74, 6) is -3.53. The van der Waals surface area contributed by atoms with Crippen molar-refractivity contribution in [2.45, 2.75) is 23.2 Å². The summed E-state index contributed by atoms with van der Waals surface area (Å²) in [6.07, 6.45) is 3.12. The average Bonchev–Trinajstić information content (AvgIpc) is 2.82. The predicted octanol–water partition coefficient (Wildman–Crippen LogP) is -0.559. The lowest BCUT2D eigenvalue weighted by atomic mass is 10.0. The number of nitrogens with zero attached hydrogens (tertiary/aromatic N) is 2. The van der Waals surface area contributed by atoms with Crippen molar-refractivity contribution in [3.8, 4) is 0 Å². The maximum Gasteiger partial charge on any atom is 0.352 e. The Morgan fingerprint density at radius 3 is 2.36 bits per heavy atom. The highest BCUT2D eigenvalue weighted by molar-refractivity contribution is 8.00. The van der Waals surface area contributed by atoms with Gasteiger partial charge in [0.15, 0.2) is 24.2 Å². The number of rotatable bonds is 8. The molecule has 0 aliphatic carbocycles. The molecule has 0 radical (unpaired) electrons. The number of primary amides is 1. The molecule has 0 unspecified atom stereocenters. The van der Waals surface area contributed by atoms with E-state index in [9.17, 15) is 37.3 Å². The van der Waals surface area contributed by atoms with Gasteiger partial charge in [0.2, 0.25) is 11.8 Å². The molecule has 3 atom stereocenters. The molecule has 0 saturated carbocycles. The van der Waals surface area contributed by atoms with Crippen LogP contribution in [0.1, 0.15) is 21.2 Å². The molecule has 12 nitrogen and oxygen atoms in total. The SMILES string of the molecule is NC(=O)c1cc[n+](CC2=C(C(=O)O)N3C(=O)[C@H](NC(=O)[C@@H](c4ccccc4)S(=O)(=O)O)[C@@H]3SC2)cc1. The van der Waals surface area contributed by atoms with Crippen LogP contribution >= 0.6 is 11.8 Å². The van der Waals surface area contributed by atoms with Gasteiger partial charge in [0.05, 0.1) is 5.56 Å². The van der Waals surface area contributed by atoms with E-state index in [0.29, 0.717) is 5.57 Å². The molecule has 188 valence electrons. The van der Waals surface area contributed by atoms with Crippen molar-refractivity contribution in [3.05, 3.63) is 77.3 Å². The van der Waals surface area contributed by atoms with Crippen molar-refractivity contribution >= 4 is 45.6 Å². The Morgan fingerprint density at radius 2 is 1.81 bits per heavy atom. The Kier molecular flexibility index (Phi) is 6.84. The minimum atomic E-state index is -4.85. The number of β-lactam (4-membered cyclic amide) rings is 1. The third-order valence-electron chi connectivity index (χ3n) is 5.73. The number of amides is 3. The first-order chi connectivity index (χ1) is 17.0. The number of benzene rings is 1. The van der Waals surface area contributed by atoms with Crippen molar-refractivity contribution in [1.29, 1.82) is 0 Å². The Bertz CT molecular complexity index is 1380. The van der Waals surface area contributed by atoms with Gasteiger partial charge < -0.3 is 16.2 Å². The number of carboxylic acids is 1. The highest BCUT2D eigenvalue weighted by Gasteiger charge is 2.55. The van der Waals surface area contributed by atoms with Crippen LogP contribution in [0.3, 0.4) is 0 Å². The van der Waals surface area contributed by atoms with E-state index in [1.807, 2.05) is 0 Å². The second-order valence-corrected chi connectivity index (χ2v) is 10.7. The molecule has 36 heavy (non-hydrogen) atoms. The lowest BCUT2D eigenvalue weighted by Gasteiger charge is -2.49. The average molecular weight is 534 g/mol. The number of hydrogen-bond acceptors (Lipinski definition) is 7. The number of carbonyl (C=O) groups excluding carboxylic acids is 3. The zero-order chi connectivity index (χ0) is 26.2. The second-order valence-electron chi connectivity index (χ2n) is 8.08. The summed E-state index contributed by atoms with van der Waals surface area (Å²) in [5.41, 5.74) is 5.73. The van der Waals surface area contributed by atoms with Crippen molar-refractivity contribution < 1.29 is 41.8 Å². The highest BCUT2D eigenvalue weighted by atomic mass is 32.2. The Hall–Kier alpha value is -3.75. The van der Waals surface area contributed by atoms with Gasteiger partial charge in [0.25, 0.3) is 16.0 Å². The number of aromatic nitrogens is 1. The van der Waals surface area contributed by atoms with Crippen LogP contribution in [0.25, 0.3) is 0 Å². The number of thioether (sulfide) groups is 1. The standard InChI is InChI=1S/C22H20N4O8S2/c23-18(27)13-6-8-25(9-7-13)10-14-11-35-21-15(20(29)26(21)16(14)22(30)31)24-19(28)17(36(32,33)34)12-4-2-1-3-5-12/h1-9,15,17,21H,10-11H2,(H4-,23,24,27,28,30,31,32,33,34)/p+1/t15-,17+,21-/m0/s1. The lowest BCUT2D eigenvalue weighted by molar-refractivity contribution is -0.689. The molecule has 0 bridgehead atoms. The van der Waals surface area contributed by atoms with Crippen molar-refractivity contribution in [3.63, 3.8) is 0 Å². The van der Waals surface area contributed by atoms with Gasteiger partial charge in [-0.05, 0) is 5.56 Å². The first-order valence-corrected chi connectivity index (χ1v) is 13.0. The third kappa shape index (κ3) is 4.82. The van der Waals surface area contributed by atoms with Gasteiger partial charge in [0, 0.05) is 23.5 Å². The van der Waals surface area contributed by atoms with Crippen LogP contribution in [-0.2, 0) is 31.0 Å². The van der Waals surface area contributed by atoms with Crippen LogP contribution in [-0.4, -0.2) is 63.8 Å². The summed E-state index contributed by atoms with van der Waals surface area (Å²) in [5, 5.41) is 9.47. The maximum absolute atomic E-state index is 12.9. The molecule has 1 fully saturated rings. The van der Waals surface area contributed by atoms with Gasteiger partial charge >= 0.3 is 5.97 Å². The monoisotopic (exact) mass is 533 g/mol. The van der Waals surface area contributed by atoms with Crippen molar-refractivity contribution in [2.75, 3.05) is 5.75 Å². The molecule has 2 aromatic rings. The Labute approximate surface area is 209 Å². The van der Waals surface area contributed by atoms with Gasteiger partial charge in [-0.1, -0.05) is 30.3 Å². The number of carboxylic acid groups (broad SMARTS) is 1. The zero-order valence-electron chi connectivity index (χ0n) is 18.5. The summed E-state index contributed by atoms with van der Waals surface area (Å²) in [7, 11) is -4.85. The van der Waals surface area contributed by atoms with Crippen molar-refractivity contribution in [1.82, 2.24) is 10.2 Å². The molecule has 1 aromatic heterocycles. The molecule has 3 amide bonds. The van der Waals surface area contributed by atoms with E-state index in [1.54, 1.807) is 23.0 Å². The first kappa shape index (κ1) is 25.3. The number of aliphatic carboxylic acids is 1. The summed E-state index contributed by atoms with van der Waals surface area (Å²) in [6.45, 7) is 0.125. The fourth-order valence-corrected chi connectivity index (χ4v) is 6.24. The van der Waals surface area contributed by atoms with E-state index in [-0.39, 0.29) is 29.1 Å². The molecule has 3 heterocycles. The fraction of sp³-hybridized carbons (Fsp3) is 0.227. The van der Waals surface area contributed by atoms with Gasteiger partial charge in [-0.25, -0.2) is 9.36 Å². The number of hydrogen-bond donors (Lipinski definition) is 4. The lowest BCUT2D eigenvalue weighted by Crippen LogP contribution is -2.71. The summed E-state index contributed by atoms with van der Waals surface area (Å²) in [4.78, 5) is 50.1. The Morgan fingerprint density at radius 1 is 1.17 bits per heavy atom. The summed E-state index contributed by atoms with van der Waals surface area (Å²) >= 11 is 1.21. The topological polar surface area (TPSA) is 188 Å². The van der Waals surface area contributed by atoms with Crippen LogP contribution < -0.4 is 15.6 Å². The molecular weight excluding hydrogens is 512 g/mol. The number of nitrogens with one attached hydrogen (secondary N) is 1. The van der Waals surface area contributed by atoms with E-state index in [0.717, 1.165) is 4.90 Å². The Balaban J connectivity index is 1.54. The molecule has 4 rings (SSSR count). The smallest absolute Gasteiger partial charge is 0.352 e. The van der Waals surface area contributed by atoms with Crippen LogP contribution in [0.4, 0.5) is 0 Å². The van der Waals surface area contributed by atoms with Gasteiger partial charge in [-0.15, -0.1) is 11.8 Å². The van der Waals surface area contributed by atoms with Crippen molar-refractivity contribution in [2.24, 2.45) is 5.73 Å². The normalized spacial score (nSPS) is 20.2. The second kappa shape index (κ2) is 9.72. The number of nitrogens with two attached hydrogens (primary N) is 1. The van der Waals surface area contributed by atoms with Gasteiger partial charge in [-0.2, -0.15) is 8.42 Å². The molecule has 2 aliphatic heterocycles. The number of fused-ring (bicyclic) bond motifs is 1. The van der Waals surface area contributed by atoms with E-state index >= 15 is 0 Å². The molecular formula is C22H21N4O8S2+. The number of pyridine rings is 1. The number of carbonyl (C=O) groups is 4. The van der Waals surface area contributed by atoms with E-state index in [1.165, 1.54) is 48.2 Å². The van der Waals surface area contributed by atoms with Crippen LogP contribution in [0.15, 0.2) is 66.1 Å². The van der Waals surface area contributed by atoms with E-state index < -0.39 is 50.5 Å². The van der Waals surface area contributed by atoms with Crippen LogP contribution in [0.2, 0.25) is 0 Å². The summed E-state index contributed by atoms with van der Waals surface area (Å²) < 4.78 is 35.1. The molecule has 5 N–H and O–H groups in total. The fourth-order valence-electron chi connectivity index (χ4n) is 4.07. The van der Waals surface area contributed by atoms with E-state index in [2.05, 4.69) is 5.32 Å². The van der Waals surface area contributed by atoms with E-state index in [4.69, 9.17) is 5.73 Å². The molecule has 0 spiro atoms.